The number of esters is 1. The maximum atomic E-state index is 12.6. The standard InChI is InChI=1S/C25H33N3O5/c1-28-18-22(30)33-25(16-17-25)15-11-6-4-2-3-5-10-14-21(29)26-23(28)27-24(31)32-19-20-12-8-7-9-13-20/h2,4,7-9,12-13H,3,5-6,10-11,14-19H2,1H3,(H,26,27,29,31)/b4-2+. The molecule has 1 aliphatic heterocycles. The highest BCUT2D eigenvalue weighted by molar-refractivity contribution is 6.01. The average Bonchev–Trinajstić information content (AvgIpc) is 3.55. The molecule has 178 valence electrons. The summed E-state index contributed by atoms with van der Waals surface area (Å²) in [4.78, 5) is 42.6. The third kappa shape index (κ3) is 8.71. The number of allylic oxidation sites excluding steroid dienone is 2. The largest absolute Gasteiger partial charge is 0.458 e. The molecule has 1 heterocycles. The van der Waals surface area contributed by atoms with E-state index >= 15 is 0 Å². The van der Waals surface area contributed by atoms with Gasteiger partial charge in [0.2, 0.25) is 11.9 Å². The number of rotatable bonds is 2. The summed E-state index contributed by atoms with van der Waals surface area (Å²) in [5, 5.41) is 2.66. The zero-order valence-electron chi connectivity index (χ0n) is 19.3. The molecule has 2 amide bonds. The van der Waals surface area contributed by atoms with Crippen LogP contribution >= 0.6 is 0 Å². The topological polar surface area (TPSA) is 97.3 Å². The predicted molar refractivity (Wildman–Crippen MR) is 124 cm³/mol. The van der Waals surface area contributed by atoms with E-state index in [0.29, 0.717) is 6.42 Å². The molecule has 1 aromatic rings. The highest BCUT2D eigenvalue weighted by Crippen LogP contribution is 2.44. The third-order valence-corrected chi connectivity index (χ3v) is 5.71. The molecular formula is C25H33N3O5. The van der Waals surface area contributed by atoms with Crippen molar-refractivity contribution in [2.45, 2.75) is 70.0 Å². The molecule has 3 rings (SSSR count). The Hall–Kier alpha value is -3.16. The number of guanidine groups is 1. The first-order valence-electron chi connectivity index (χ1n) is 11.6. The Morgan fingerprint density at radius 3 is 2.55 bits per heavy atom. The van der Waals surface area contributed by atoms with E-state index in [-0.39, 0.29) is 30.6 Å². The molecule has 8 heteroatoms. The molecule has 8 nitrogen and oxygen atoms in total. The van der Waals surface area contributed by atoms with E-state index in [1.807, 2.05) is 30.3 Å². The minimum absolute atomic E-state index is 0.0240. The number of ether oxygens (including phenoxy) is 2. The fourth-order valence-corrected chi connectivity index (χ4v) is 3.64. The first kappa shape index (κ1) is 24.5. The van der Waals surface area contributed by atoms with Crippen molar-refractivity contribution in [3.63, 3.8) is 0 Å². The van der Waals surface area contributed by atoms with Crippen molar-refractivity contribution in [2.75, 3.05) is 13.6 Å². The van der Waals surface area contributed by atoms with Crippen molar-refractivity contribution in [2.24, 2.45) is 4.99 Å². The lowest BCUT2D eigenvalue weighted by Crippen LogP contribution is -2.45. The fourth-order valence-electron chi connectivity index (χ4n) is 3.64. The van der Waals surface area contributed by atoms with Crippen molar-refractivity contribution in [3.8, 4) is 0 Å². The molecule has 0 radical (unpaired) electrons. The van der Waals surface area contributed by atoms with Gasteiger partial charge in [-0.15, -0.1) is 4.99 Å². The van der Waals surface area contributed by atoms with Crippen molar-refractivity contribution in [3.05, 3.63) is 48.0 Å². The second-order valence-electron chi connectivity index (χ2n) is 8.65. The van der Waals surface area contributed by atoms with Gasteiger partial charge in [-0.25, -0.2) is 4.79 Å². The van der Waals surface area contributed by atoms with Crippen LogP contribution in [0.1, 0.15) is 63.4 Å². The van der Waals surface area contributed by atoms with Gasteiger partial charge in [0.1, 0.15) is 18.8 Å². The predicted octanol–water partition coefficient (Wildman–Crippen LogP) is 4.10. The van der Waals surface area contributed by atoms with Crippen LogP contribution in [0.25, 0.3) is 0 Å². The number of carbonyl (C=O) groups is 3. The number of nitrogens with zero attached hydrogens (tertiary/aromatic N) is 2. The van der Waals surface area contributed by atoms with Crippen LogP contribution in [0.3, 0.4) is 0 Å². The second kappa shape index (κ2) is 12.2. The number of amides is 2. The minimum Gasteiger partial charge on any atom is -0.458 e. The molecule has 1 aromatic carbocycles. The number of benzene rings is 1. The quantitative estimate of drug-likeness (QED) is 0.533. The van der Waals surface area contributed by atoms with E-state index in [4.69, 9.17) is 9.47 Å². The highest BCUT2D eigenvalue weighted by atomic mass is 16.6. The maximum Gasteiger partial charge on any atom is 0.437 e. The zero-order valence-corrected chi connectivity index (χ0v) is 19.3. The lowest BCUT2D eigenvalue weighted by atomic mass is 10.1. The molecule has 0 unspecified atom stereocenters. The number of hydrogen-bond acceptors (Lipinski definition) is 5. The Kier molecular flexibility index (Phi) is 9.04. The van der Waals surface area contributed by atoms with Gasteiger partial charge in [-0.3, -0.25) is 14.9 Å². The summed E-state index contributed by atoms with van der Waals surface area (Å²) in [6, 6.07) is 9.24. The Balaban J connectivity index is 1.67. The Morgan fingerprint density at radius 1 is 1.09 bits per heavy atom. The van der Waals surface area contributed by atoms with Gasteiger partial charge in [-0.1, -0.05) is 42.5 Å². The van der Waals surface area contributed by atoms with Gasteiger partial charge in [0, 0.05) is 13.5 Å². The van der Waals surface area contributed by atoms with E-state index in [9.17, 15) is 14.4 Å². The smallest absolute Gasteiger partial charge is 0.437 e. The average molecular weight is 456 g/mol. The zero-order chi connectivity index (χ0) is 23.5. The molecule has 0 atom stereocenters. The molecule has 1 saturated carbocycles. The molecule has 1 fully saturated rings. The van der Waals surface area contributed by atoms with Gasteiger partial charge in [-0.2, -0.15) is 0 Å². The van der Waals surface area contributed by atoms with E-state index < -0.39 is 12.1 Å². The van der Waals surface area contributed by atoms with E-state index in [1.165, 1.54) is 4.90 Å². The van der Waals surface area contributed by atoms with Crippen LogP contribution in [0.5, 0.6) is 0 Å². The fraction of sp³-hybridized carbons (Fsp3) is 0.520. The van der Waals surface area contributed by atoms with Gasteiger partial charge in [0.25, 0.3) is 0 Å². The lowest BCUT2D eigenvalue weighted by molar-refractivity contribution is -0.151. The first-order chi connectivity index (χ1) is 16.0. The Labute approximate surface area is 195 Å². The van der Waals surface area contributed by atoms with Crippen molar-refractivity contribution < 1.29 is 23.9 Å². The van der Waals surface area contributed by atoms with E-state index in [0.717, 1.165) is 56.9 Å². The summed E-state index contributed by atoms with van der Waals surface area (Å²) in [7, 11) is 1.59. The molecule has 0 bridgehead atoms. The van der Waals surface area contributed by atoms with Gasteiger partial charge < -0.3 is 14.4 Å². The molecule has 0 aromatic heterocycles. The summed E-state index contributed by atoms with van der Waals surface area (Å²) < 4.78 is 11.0. The highest BCUT2D eigenvalue weighted by Gasteiger charge is 2.46. The van der Waals surface area contributed by atoms with Crippen LogP contribution in [0.2, 0.25) is 0 Å². The number of likely N-dealkylation sites (N-methyl/N-ethyl adjacent to an activating group) is 1. The normalized spacial score (nSPS) is 22.2. The molecule has 1 aliphatic carbocycles. The summed E-state index contributed by atoms with van der Waals surface area (Å²) in [5.74, 6) is -0.699. The van der Waals surface area contributed by atoms with Crippen LogP contribution in [0.4, 0.5) is 4.79 Å². The van der Waals surface area contributed by atoms with E-state index in [2.05, 4.69) is 22.5 Å². The van der Waals surface area contributed by atoms with E-state index in [1.54, 1.807) is 7.05 Å². The lowest BCUT2D eigenvalue weighted by Gasteiger charge is -2.22. The summed E-state index contributed by atoms with van der Waals surface area (Å²) in [6.45, 7) is -0.0705. The third-order valence-electron chi connectivity index (χ3n) is 5.71. The molecule has 33 heavy (non-hydrogen) atoms. The number of hydrogen-bond donors (Lipinski definition) is 1. The SMILES string of the molecule is CN1CC(=O)OC2(CCC/C=C/CCCCC(=O)N/C1=N/C(=O)OCc1ccccc1)CC2. The monoisotopic (exact) mass is 455 g/mol. The van der Waals surface area contributed by atoms with Gasteiger partial charge in [-0.05, 0) is 56.9 Å². The second-order valence-corrected chi connectivity index (χ2v) is 8.65. The van der Waals surface area contributed by atoms with Crippen molar-refractivity contribution >= 4 is 23.9 Å². The van der Waals surface area contributed by atoms with Gasteiger partial charge >= 0.3 is 12.1 Å². The summed E-state index contributed by atoms with van der Waals surface area (Å²) >= 11 is 0. The number of nitrogens with one attached hydrogen (secondary N) is 1. The summed E-state index contributed by atoms with van der Waals surface area (Å²) in [5.41, 5.74) is 0.458. The maximum absolute atomic E-state index is 12.6. The number of carbonyl (C=O) groups excluding carboxylic acids is 3. The van der Waals surface area contributed by atoms with Gasteiger partial charge in [0.05, 0.1) is 0 Å². The molecule has 0 saturated heterocycles. The molecular weight excluding hydrogens is 422 g/mol. The minimum atomic E-state index is -0.843. The number of aliphatic imine (C=N–C) groups is 1. The van der Waals surface area contributed by atoms with Crippen molar-refractivity contribution in [1.82, 2.24) is 10.2 Å². The molecule has 2 aliphatic rings. The van der Waals surface area contributed by atoms with Crippen LogP contribution < -0.4 is 5.32 Å². The first-order valence-corrected chi connectivity index (χ1v) is 11.6. The van der Waals surface area contributed by atoms with Crippen LogP contribution in [-0.4, -0.2) is 48.0 Å². The van der Waals surface area contributed by atoms with Crippen LogP contribution in [-0.2, 0) is 25.7 Å². The Morgan fingerprint density at radius 2 is 1.82 bits per heavy atom. The van der Waals surface area contributed by atoms with Gasteiger partial charge in [0.15, 0.2) is 0 Å². The Bertz CT molecular complexity index is 877. The van der Waals surface area contributed by atoms with Crippen molar-refractivity contribution in [1.29, 1.82) is 0 Å². The van der Waals surface area contributed by atoms with Crippen LogP contribution in [0, 0.1) is 0 Å². The molecule has 1 spiro atoms. The van der Waals surface area contributed by atoms with Crippen LogP contribution in [0.15, 0.2) is 47.5 Å². The summed E-state index contributed by atoms with van der Waals surface area (Å²) in [6.07, 6.45) is 10.8. The molecule has 1 N–H and O–H groups in total.